The number of carbonyl (C=O) groups excluding carboxylic acids is 2. The van der Waals surface area contributed by atoms with Crippen LogP contribution in [-0.2, 0) is 9.59 Å². The molecule has 6 nitrogen and oxygen atoms in total. The lowest BCUT2D eigenvalue weighted by Crippen LogP contribution is -2.46. The van der Waals surface area contributed by atoms with Crippen molar-refractivity contribution in [3.05, 3.63) is 53.6 Å². The molecule has 2 amide bonds. The minimum absolute atomic E-state index is 0.0861. The van der Waals surface area contributed by atoms with Crippen LogP contribution < -0.4 is 14.8 Å². The monoisotopic (exact) mass is 400 g/mol. The minimum Gasteiger partial charge on any atom is -0.497 e. The van der Waals surface area contributed by atoms with Crippen LogP contribution in [-0.4, -0.2) is 48.1 Å². The summed E-state index contributed by atoms with van der Waals surface area (Å²) in [5.74, 6) is 2.07. The Hall–Kier alpha value is -2.67. The van der Waals surface area contributed by atoms with Gasteiger partial charge in [0.05, 0.1) is 13.0 Å². The summed E-state index contributed by atoms with van der Waals surface area (Å²) in [7, 11) is 1.59. The van der Waals surface area contributed by atoms with E-state index in [9.17, 15) is 9.59 Å². The van der Waals surface area contributed by atoms with Crippen molar-refractivity contribution in [1.29, 1.82) is 0 Å². The molecule has 1 unspecified atom stereocenters. The molecule has 1 aliphatic rings. The second kappa shape index (κ2) is 9.01. The van der Waals surface area contributed by atoms with Gasteiger partial charge < -0.3 is 19.7 Å². The minimum atomic E-state index is -0.512. The average molecular weight is 401 g/mol. The SMILES string of the molecule is COc1ccc(NC(=O)C2CSCN2C(=O)COc2cc(C)ccc2C)cc1. The maximum Gasteiger partial charge on any atom is 0.261 e. The first-order valence-electron chi connectivity index (χ1n) is 9.00. The first-order chi connectivity index (χ1) is 13.5. The molecule has 1 saturated heterocycles. The highest BCUT2D eigenvalue weighted by atomic mass is 32.2. The van der Waals surface area contributed by atoms with Crippen molar-refractivity contribution in [2.24, 2.45) is 0 Å². The molecule has 2 aromatic carbocycles. The fourth-order valence-electron chi connectivity index (χ4n) is 2.89. The maximum atomic E-state index is 12.7. The van der Waals surface area contributed by atoms with Crippen LogP contribution in [0.25, 0.3) is 0 Å². The van der Waals surface area contributed by atoms with E-state index >= 15 is 0 Å². The van der Waals surface area contributed by atoms with Crippen LogP contribution >= 0.6 is 11.8 Å². The van der Waals surface area contributed by atoms with E-state index in [0.29, 0.717) is 23.1 Å². The van der Waals surface area contributed by atoms with Gasteiger partial charge in [0.15, 0.2) is 6.61 Å². The zero-order valence-corrected chi connectivity index (χ0v) is 17.0. The van der Waals surface area contributed by atoms with Crippen LogP contribution in [0, 0.1) is 13.8 Å². The third kappa shape index (κ3) is 4.78. The number of hydrogen-bond donors (Lipinski definition) is 1. The van der Waals surface area contributed by atoms with Crippen molar-refractivity contribution in [2.45, 2.75) is 19.9 Å². The molecule has 2 aromatic rings. The molecular weight excluding hydrogens is 376 g/mol. The lowest BCUT2D eigenvalue weighted by molar-refractivity contribution is -0.137. The Balaban J connectivity index is 1.60. The summed E-state index contributed by atoms with van der Waals surface area (Å²) in [5.41, 5.74) is 2.71. The Labute approximate surface area is 169 Å². The normalized spacial score (nSPS) is 16.0. The molecule has 1 atom stereocenters. The van der Waals surface area contributed by atoms with E-state index in [1.807, 2.05) is 32.0 Å². The van der Waals surface area contributed by atoms with Gasteiger partial charge in [-0.3, -0.25) is 9.59 Å². The van der Waals surface area contributed by atoms with Crippen LogP contribution in [0.15, 0.2) is 42.5 Å². The molecule has 3 rings (SSSR count). The summed E-state index contributed by atoms with van der Waals surface area (Å²) in [6, 6.07) is 12.5. The molecule has 28 heavy (non-hydrogen) atoms. The van der Waals surface area contributed by atoms with Gasteiger partial charge in [-0.25, -0.2) is 0 Å². The lowest BCUT2D eigenvalue weighted by atomic mass is 10.1. The van der Waals surface area contributed by atoms with E-state index in [0.717, 1.165) is 16.9 Å². The third-order valence-corrected chi connectivity index (χ3v) is 5.57. The van der Waals surface area contributed by atoms with Crippen LogP contribution in [0.3, 0.4) is 0 Å². The van der Waals surface area contributed by atoms with E-state index in [-0.39, 0.29) is 18.4 Å². The number of hydrogen-bond acceptors (Lipinski definition) is 5. The summed E-state index contributed by atoms with van der Waals surface area (Å²) >= 11 is 1.56. The molecule has 7 heteroatoms. The Morgan fingerprint density at radius 1 is 1.18 bits per heavy atom. The smallest absolute Gasteiger partial charge is 0.261 e. The van der Waals surface area contributed by atoms with Crippen LogP contribution in [0.1, 0.15) is 11.1 Å². The number of nitrogens with zero attached hydrogens (tertiary/aromatic N) is 1. The van der Waals surface area contributed by atoms with Crippen molar-refractivity contribution in [3.8, 4) is 11.5 Å². The van der Waals surface area contributed by atoms with E-state index < -0.39 is 6.04 Å². The fourth-order valence-corrected chi connectivity index (χ4v) is 4.07. The largest absolute Gasteiger partial charge is 0.497 e. The zero-order valence-electron chi connectivity index (χ0n) is 16.2. The summed E-state index contributed by atoms with van der Waals surface area (Å²) < 4.78 is 10.8. The number of methoxy groups -OCH3 is 1. The Bertz CT molecular complexity index is 854. The van der Waals surface area contributed by atoms with Crippen LogP contribution in [0.4, 0.5) is 5.69 Å². The van der Waals surface area contributed by atoms with Gasteiger partial charge in [0.1, 0.15) is 17.5 Å². The number of ether oxygens (including phenoxy) is 2. The number of carbonyl (C=O) groups is 2. The molecule has 0 aromatic heterocycles. The Morgan fingerprint density at radius 2 is 1.93 bits per heavy atom. The van der Waals surface area contributed by atoms with Gasteiger partial charge in [-0.2, -0.15) is 0 Å². The molecule has 0 spiro atoms. The van der Waals surface area contributed by atoms with E-state index in [1.54, 1.807) is 48.0 Å². The number of anilines is 1. The number of nitrogens with one attached hydrogen (secondary N) is 1. The van der Waals surface area contributed by atoms with Crippen molar-refractivity contribution in [3.63, 3.8) is 0 Å². The molecule has 0 saturated carbocycles. The average Bonchev–Trinajstić information content (AvgIpc) is 3.19. The predicted octanol–water partition coefficient (Wildman–Crippen LogP) is 3.23. The van der Waals surface area contributed by atoms with Gasteiger partial charge in [0.25, 0.3) is 5.91 Å². The topological polar surface area (TPSA) is 67.9 Å². The summed E-state index contributed by atoms with van der Waals surface area (Å²) in [4.78, 5) is 26.9. The van der Waals surface area contributed by atoms with Crippen LogP contribution in [0.5, 0.6) is 11.5 Å². The molecule has 0 radical (unpaired) electrons. The highest BCUT2D eigenvalue weighted by Crippen LogP contribution is 2.24. The summed E-state index contributed by atoms with van der Waals surface area (Å²) in [6.07, 6.45) is 0. The van der Waals surface area contributed by atoms with Gasteiger partial charge in [0.2, 0.25) is 5.91 Å². The number of amides is 2. The first kappa shape index (κ1) is 20.1. The summed E-state index contributed by atoms with van der Waals surface area (Å²) in [5, 5.41) is 2.87. The van der Waals surface area contributed by atoms with Gasteiger partial charge in [-0.05, 0) is 55.3 Å². The molecule has 1 aliphatic heterocycles. The molecule has 148 valence electrons. The predicted molar refractivity (Wildman–Crippen MR) is 111 cm³/mol. The number of thioether (sulfide) groups is 1. The van der Waals surface area contributed by atoms with E-state index in [2.05, 4.69) is 5.32 Å². The molecular formula is C21H24N2O4S. The van der Waals surface area contributed by atoms with Gasteiger partial charge in [0, 0.05) is 11.4 Å². The molecule has 1 fully saturated rings. The van der Waals surface area contributed by atoms with Gasteiger partial charge in [-0.1, -0.05) is 12.1 Å². The Kier molecular flexibility index (Phi) is 6.46. The molecule has 1 heterocycles. The quantitative estimate of drug-likeness (QED) is 0.806. The second-order valence-electron chi connectivity index (χ2n) is 6.65. The van der Waals surface area contributed by atoms with Crippen molar-refractivity contribution in [2.75, 3.05) is 30.7 Å². The van der Waals surface area contributed by atoms with E-state index in [4.69, 9.17) is 9.47 Å². The molecule has 0 aliphatic carbocycles. The third-order valence-electron chi connectivity index (χ3n) is 4.56. The molecule has 1 N–H and O–H groups in total. The highest BCUT2D eigenvalue weighted by Gasteiger charge is 2.34. The second-order valence-corrected chi connectivity index (χ2v) is 7.65. The highest BCUT2D eigenvalue weighted by molar-refractivity contribution is 7.99. The fraction of sp³-hybridized carbons (Fsp3) is 0.333. The number of benzene rings is 2. The Morgan fingerprint density at radius 3 is 2.64 bits per heavy atom. The zero-order chi connectivity index (χ0) is 20.1. The van der Waals surface area contributed by atoms with Crippen LogP contribution in [0.2, 0.25) is 0 Å². The number of aryl methyl sites for hydroxylation is 2. The van der Waals surface area contributed by atoms with E-state index in [1.165, 1.54) is 0 Å². The number of rotatable bonds is 6. The van der Waals surface area contributed by atoms with Gasteiger partial charge in [-0.15, -0.1) is 11.8 Å². The standard InChI is InChI=1S/C21H24N2O4S/c1-14-4-5-15(2)19(10-14)27-11-20(24)23-13-28-12-18(23)21(25)22-16-6-8-17(26-3)9-7-16/h4-10,18H,11-13H2,1-3H3,(H,22,25). The summed E-state index contributed by atoms with van der Waals surface area (Å²) in [6.45, 7) is 3.83. The van der Waals surface area contributed by atoms with Gasteiger partial charge >= 0.3 is 0 Å². The molecule has 0 bridgehead atoms. The van der Waals surface area contributed by atoms with Crippen molar-refractivity contribution < 1.29 is 19.1 Å². The maximum absolute atomic E-state index is 12.7. The van der Waals surface area contributed by atoms with Crippen molar-refractivity contribution in [1.82, 2.24) is 4.90 Å². The lowest BCUT2D eigenvalue weighted by Gasteiger charge is -2.23. The van der Waals surface area contributed by atoms with Crippen molar-refractivity contribution >= 4 is 29.3 Å². The first-order valence-corrected chi connectivity index (χ1v) is 10.2.